The third kappa shape index (κ3) is 4.59. The normalized spacial score (nSPS) is 17.7. The van der Waals surface area contributed by atoms with Gasteiger partial charge in [0.2, 0.25) is 0 Å². The van der Waals surface area contributed by atoms with E-state index in [0.717, 1.165) is 48.7 Å². The van der Waals surface area contributed by atoms with E-state index in [-0.39, 0.29) is 6.03 Å². The molecule has 1 saturated heterocycles. The number of hydrogen-bond donors (Lipinski definition) is 2. The molecule has 1 saturated carbocycles. The number of carbonyl (C=O) groups is 1. The molecule has 2 amide bonds. The lowest BCUT2D eigenvalue weighted by molar-refractivity contribution is 0.244. The molecule has 2 aromatic rings. The van der Waals surface area contributed by atoms with E-state index in [0.29, 0.717) is 6.04 Å². The van der Waals surface area contributed by atoms with E-state index in [1.807, 2.05) is 30.3 Å². The van der Waals surface area contributed by atoms with Crippen LogP contribution < -0.4 is 15.5 Å². The highest BCUT2D eigenvalue weighted by Gasteiger charge is 2.16. The Hall–Kier alpha value is -2.56. The van der Waals surface area contributed by atoms with E-state index in [1.165, 1.54) is 32.1 Å². The van der Waals surface area contributed by atoms with Crippen molar-refractivity contribution >= 4 is 17.5 Å². The van der Waals surface area contributed by atoms with Gasteiger partial charge < -0.3 is 15.5 Å². The quantitative estimate of drug-likeness (QED) is 0.819. The van der Waals surface area contributed by atoms with Crippen molar-refractivity contribution in [1.29, 1.82) is 0 Å². The lowest BCUT2D eigenvalue weighted by Crippen LogP contribution is -2.39. The fourth-order valence-corrected chi connectivity index (χ4v) is 4.06. The summed E-state index contributed by atoms with van der Waals surface area (Å²) in [4.78, 5) is 19.5. The lowest BCUT2D eigenvalue weighted by atomic mass is 9.96. The number of benzene rings is 1. The molecule has 1 aromatic carbocycles. The molecule has 2 heterocycles. The average Bonchev–Trinajstić information content (AvgIpc) is 3.24. The second kappa shape index (κ2) is 8.42. The van der Waals surface area contributed by atoms with Crippen LogP contribution in [-0.2, 0) is 0 Å². The summed E-state index contributed by atoms with van der Waals surface area (Å²) >= 11 is 0. The summed E-state index contributed by atoms with van der Waals surface area (Å²) in [5.41, 5.74) is 2.76. The second-order valence-corrected chi connectivity index (χ2v) is 7.59. The van der Waals surface area contributed by atoms with Crippen molar-refractivity contribution in [3.8, 4) is 11.3 Å². The minimum absolute atomic E-state index is 0.113. The predicted molar refractivity (Wildman–Crippen MR) is 110 cm³/mol. The van der Waals surface area contributed by atoms with Crippen LogP contribution >= 0.6 is 0 Å². The van der Waals surface area contributed by atoms with Crippen molar-refractivity contribution in [3.63, 3.8) is 0 Å². The molecule has 2 N–H and O–H groups in total. The van der Waals surface area contributed by atoms with Crippen molar-refractivity contribution in [2.75, 3.05) is 23.3 Å². The Bertz CT molecular complexity index is 779. The average molecular weight is 364 g/mol. The maximum absolute atomic E-state index is 12.3. The van der Waals surface area contributed by atoms with Crippen molar-refractivity contribution < 1.29 is 4.79 Å². The topological polar surface area (TPSA) is 57.3 Å². The molecule has 5 heteroatoms. The number of pyridine rings is 1. The van der Waals surface area contributed by atoms with Gasteiger partial charge in [0.05, 0.1) is 5.69 Å². The summed E-state index contributed by atoms with van der Waals surface area (Å²) in [6.07, 6.45) is 8.34. The van der Waals surface area contributed by atoms with E-state index in [4.69, 9.17) is 4.98 Å². The molecule has 1 aliphatic heterocycles. The molecule has 0 atom stereocenters. The van der Waals surface area contributed by atoms with Crippen molar-refractivity contribution in [2.24, 2.45) is 0 Å². The van der Waals surface area contributed by atoms with Crippen LogP contribution in [0.3, 0.4) is 0 Å². The minimum atomic E-state index is -0.113. The Morgan fingerprint density at radius 1 is 0.963 bits per heavy atom. The molecule has 1 aliphatic carbocycles. The van der Waals surface area contributed by atoms with E-state index < -0.39 is 0 Å². The van der Waals surface area contributed by atoms with Crippen LogP contribution in [0, 0.1) is 0 Å². The Morgan fingerprint density at radius 3 is 2.56 bits per heavy atom. The van der Waals surface area contributed by atoms with Gasteiger partial charge in [-0.1, -0.05) is 37.5 Å². The van der Waals surface area contributed by atoms with Crippen LogP contribution in [0.2, 0.25) is 0 Å². The first-order valence-electron chi connectivity index (χ1n) is 10.2. The Balaban J connectivity index is 1.44. The summed E-state index contributed by atoms with van der Waals surface area (Å²) in [5, 5.41) is 6.08. The zero-order valence-electron chi connectivity index (χ0n) is 15.8. The Labute approximate surface area is 161 Å². The van der Waals surface area contributed by atoms with Crippen LogP contribution in [0.25, 0.3) is 11.3 Å². The largest absolute Gasteiger partial charge is 0.357 e. The van der Waals surface area contributed by atoms with Gasteiger partial charge in [0.25, 0.3) is 0 Å². The Morgan fingerprint density at radius 2 is 1.74 bits per heavy atom. The first kappa shape index (κ1) is 17.8. The lowest BCUT2D eigenvalue weighted by Gasteiger charge is -2.23. The SMILES string of the molecule is O=C(Nc1cccc(-c2cccc(N3CCCC3)n2)c1)NC1CCCCC1. The van der Waals surface area contributed by atoms with Gasteiger partial charge in [0, 0.05) is 30.4 Å². The summed E-state index contributed by atoms with van der Waals surface area (Å²) in [7, 11) is 0. The van der Waals surface area contributed by atoms with Gasteiger partial charge >= 0.3 is 6.03 Å². The van der Waals surface area contributed by atoms with Crippen LogP contribution in [0.5, 0.6) is 0 Å². The fraction of sp³-hybridized carbons (Fsp3) is 0.455. The molecule has 4 rings (SSSR count). The molecular formula is C22H28N4O. The van der Waals surface area contributed by atoms with Crippen molar-refractivity contribution in [2.45, 2.75) is 51.0 Å². The van der Waals surface area contributed by atoms with Crippen LogP contribution in [0.15, 0.2) is 42.5 Å². The minimum Gasteiger partial charge on any atom is -0.357 e. The molecule has 2 fully saturated rings. The summed E-state index contributed by atoms with van der Waals surface area (Å²) in [6, 6.07) is 14.3. The smallest absolute Gasteiger partial charge is 0.319 e. The second-order valence-electron chi connectivity index (χ2n) is 7.59. The van der Waals surface area contributed by atoms with Gasteiger partial charge in [-0.15, -0.1) is 0 Å². The summed E-state index contributed by atoms with van der Waals surface area (Å²) in [5.74, 6) is 1.04. The van der Waals surface area contributed by atoms with Gasteiger partial charge in [-0.3, -0.25) is 0 Å². The number of hydrogen-bond acceptors (Lipinski definition) is 3. The van der Waals surface area contributed by atoms with E-state index in [9.17, 15) is 4.79 Å². The summed E-state index contributed by atoms with van der Waals surface area (Å²) in [6.45, 7) is 2.17. The molecule has 2 aliphatic rings. The summed E-state index contributed by atoms with van der Waals surface area (Å²) < 4.78 is 0. The van der Waals surface area contributed by atoms with Crippen LogP contribution in [0.1, 0.15) is 44.9 Å². The third-order valence-corrected chi connectivity index (χ3v) is 5.52. The maximum atomic E-state index is 12.3. The number of urea groups is 1. The number of amides is 2. The number of nitrogens with one attached hydrogen (secondary N) is 2. The van der Waals surface area contributed by atoms with Gasteiger partial charge in [-0.25, -0.2) is 9.78 Å². The number of carbonyl (C=O) groups excluding carboxylic acids is 1. The van der Waals surface area contributed by atoms with Crippen LogP contribution in [-0.4, -0.2) is 30.1 Å². The molecule has 5 nitrogen and oxygen atoms in total. The molecule has 0 radical (unpaired) electrons. The van der Waals surface area contributed by atoms with E-state index in [2.05, 4.69) is 27.7 Å². The molecule has 27 heavy (non-hydrogen) atoms. The first-order chi connectivity index (χ1) is 13.3. The predicted octanol–water partition coefficient (Wildman–Crippen LogP) is 4.80. The monoisotopic (exact) mass is 364 g/mol. The van der Waals surface area contributed by atoms with E-state index in [1.54, 1.807) is 0 Å². The number of rotatable bonds is 4. The maximum Gasteiger partial charge on any atom is 0.319 e. The molecule has 0 unspecified atom stereocenters. The van der Waals surface area contributed by atoms with Gasteiger partial charge in [-0.05, 0) is 49.9 Å². The van der Waals surface area contributed by atoms with Crippen molar-refractivity contribution in [1.82, 2.24) is 10.3 Å². The highest BCUT2D eigenvalue weighted by Crippen LogP contribution is 2.25. The van der Waals surface area contributed by atoms with E-state index >= 15 is 0 Å². The van der Waals surface area contributed by atoms with Gasteiger partial charge in [-0.2, -0.15) is 0 Å². The molecular weight excluding hydrogens is 336 g/mol. The number of nitrogens with zero attached hydrogens (tertiary/aromatic N) is 2. The molecule has 142 valence electrons. The van der Waals surface area contributed by atoms with Gasteiger partial charge in [0.1, 0.15) is 5.82 Å². The molecule has 0 spiro atoms. The third-order valence-electron chi connectivity index (χ3n) is 5.52. The van der Waals surface area contributed by atoms with Crippen molar-refractivity contribution in [3.05, 3.63) is 42.5 Å². The Kier molecular flexibility index (Phi) is 5.56. The zero-order chi connectivity index (χ0) is 18.5. The fourth-order valence-electron chi connectivity index (χ4n) is 4.06. The molecule has 1 aromatic heterocycles. The highest BCUT2D eigenvalue weighted by molar-refractivity contribution is 5.90. The van der Waals surface area contributed by atoms with Gasteiger partial charge in [0.15, 0.2) is 0 Å². The number of aromatic nitrogens is 1. The standard InChI is InChI=1S/C22H28N4O/c27-22(23-18-9-2-1-3-10-18)24-19-11-6-8-17(16-19)20-12-7-13-21(25-20)26-14-4-5-15-26/h6-8,11-13,16,18H,1-5,9-10,14-15H2,(H2,23,24,27). The highest BCUT2D eigenvalue weighted by atomic mass is 16.2. The van der Waals surface area contributed by atoms with Crippen LogP contribution in [0.4, 0.5) is 16.3 Å². The first-order valence-corrected chi connectivity index (χ1v) is 10.2. The number of anilines is 2. The zero-order valence-corrected chi connectivity index (χ0v) is 15.8. The molecule has 0 bridgehead atoms.